The number of aryl methyl sites for hydroxylation is 1. The number of halogens is 1. The van der Waals surface area contributed by atoms with Crippen LogP contribution in [0.3, 0.4) is 0 Å². The van der Waals surface area contributed by atoms with Gasteiger partial charge in [-0.05, 0) is 37.3 Å². The molecular weight excluding hydrogens is 242 g/mol. The third kappa shape index (κ3) is 3.20. The molecule has 1 atom stereocenters. The smallest absolute Gasteiger partial charge is 0.0469 e. The van der Waals surface area contributed by atoms with Gasteiger partial charge >= 0.3 is 0 Å². The molecule has 2 N–H and O–H groups in total. The van der Waals surface area contributed by atoms with Crippen LogP contribution < -0.4 is 5.73 Å². The fourth-order valence-electron chi connectivity index (χ4n) is 2.07. The zero-order chi connectivity index (χ0) is 10.7. The molecule has 1 saturated heterocycles. The predicted molar refractivity (Wildman–Crippen MR) is 71.4 cm³/mol. The van der Waals surface area contributed by atoms with Crippen LogP contribution in [0, 0.1) is 5.92 Å². The molecular formula is C12H20ClNOS. The maximum atomic E-state index is 6.29. The lowest BCUT2D eigenvalue weighted by Gasteiger charge is -2.26. The molecule has 2 nitrogen and oxygen atoms in total. The summed E-state index contributed by atoms with van der Waals surface area (Å²) < 4.78 is 5.36. The summed E-state index contributed by atoms with van der Waals surface area (Å²) in [6, 6.07) is 4.63. The summed E-state index contributed by atoms with van der Waals surface area (Å²) in [6.07, 6.45) is 3.34. The van der Waals surface area contributed by atoms with Gasteiger partial charge in [0.1, 0.15) is 0 Å². The molecule has 2 rings (SSSR count). The molecule has 16 heavy (non-hydrogen) atoms. The van der Waals surface area contributed by atoms with E-state index in [-0.39, 0.29) is 18.4 Å². The highest BCUT2D eigenvalue weighted by Gasteiger charge is 2.23. The molecule has 0 saturated carbocycles. The van der Waals surface area contributed by atoms with Crippen LogP contribution in [-0.4, -0.2) is 13.2 Å². The first-order valence-corrected chi connectivity index (χ1v) is 6.55. The van der Waals surface area contributed by atoms with Crippen LogP contribution in [0.15, 0.2) is 12.1 Å². The summed E-state index contributed by atoms with van der Waals surface area (Å²) in [5.41, 5.74) is 6.29. The lowest BCUT2D eigenvalue weighted by Crippen LogP contribution is -2.26. The van der Waals surface area contributed by atoms with E-state index in [1.165, 1.54) is 9.75 Å². The minimum Gasteiger partial charge on any atom is -0.381 e. The molecule has 0 aliphatic carbocycles. The van der Waals surface area contributed by atoms with Crippen molar-refractivity contribution < 1.29 is 4.74 Å². The molecule has 1 fully saturated rings. The zero-order valence-electron chi connectivity index (χ0n) is 9.65. The van der Waals surface area contributed by atoms with E-state index in [4.69, 9.17) is 10.5 Å². The first kappa shape index (κ1) is 14.0. The summed E-state index contributed by atoms with van der Waals surface area (Å²) in [5.74, 6) is 0.613. The van der Waals surface area contributed by atoms with Crippen molar-refractivity contribution in [3.63, 3.8) is 0 Å². The Kier molecular flexibility index (Phi) is 5.76. The molecule has 0 spiro atoms. The van der Waals surface area contributed by atoms with Crippen LogP contribution in [0.2, 0.25) is 0 Å². The van der Waals surface area contributed by atoms with Crippen molar-refractivity contribution >= 4 is 23.7 Å². The van der Waals surface area contributed by atoms with Crippen LogP contribution in [0.5, 0.6) is 0 Å². The summed E-state index contributed by atoms with van der Waals surface area (Å²) >= 11 is 1.87. The predicted octanol–water partition coefficient (Wildman–Crippen LogP) is 3.16. The average Bonchev–Trinajstić information content (AvgIpc) is 2.78. The summed E-state index contributed by atoms with van der Waals surface area (Å²) in [5, 5.41) is 0. The summed E-state index contributed by atoms with van der Waals surface area (Å²) in [6.45, 7) is 3.95. The Morgan fingerprint density at radius 1 is 1.44 bits per heavy atom. The molecule has 0 unspecified atom stereocenters. The van der Waals surface area contributed by atoms with Crippen molar-refractivity contribution in [2.24, 2.45) is 11.7 Å². The number of nitrogens with two attached hydrogens (primary N) is 1. The molecule has 0 bridgehead atoms. The van der Waals surface area contributed by atoms with E-state index in [9.17, 15) is 0 Å². The van der Waals surface area contributed by atoms with Crippen molar-refractivity contribution in [1.29, 1.82) is 0 Å². The van der Waals surface area contributed by atoms with Crippen molar-refractivity contribution in [3.8, 4) is 0 Å². The van der Waals surface area contributed by atoms with Crippen molar-refractivity contribution in [1.82, 2.24) is 0 Å². The monoisotopic (exact) mass is 261 g/mol. The molecule has 0 aromatic carbocycles. The second-order valence-electron chi connectivity index (χ2n) is 4.13. The minimum absolute atomic E-state index is 0. The summed E-state index contributed by atoms with van der Waals surface area (Å²) in [7, 11) is 0. The van der Waals surface area contributed by atoms with E-state index in [0.29, 0.717) is 5.92 Å². The molecule has 1 aromatic rings. The fourth-order valence-corrected chi connectivity index (χ4v) is 3.12. The highest BCUT2D eigenvalue weighted by Crippen LogP contribution is 2.32. The minimum atomic E-state index is 0. The van der Waals surface area contributed by atoms with E-state index in [1.807, 2.05) is 11.3 Å². The Labute approximate surface area is 108 Å². The first-order chi connectivity index (χ1) is 7.31. The van der Waals surface area contributed by atoms with Gasteiger partial charge in [0, 0.05) is 29.0 Å². The molecule has 2 heterocycles. The topological polar surface area (TPSA) is 35.2 Å². The highest BCUT2D eigenvalue weighted by atomic mass is 35.5. The standard InChI is InChI=1S/C12H19NOS.ClH/c1-2-10-3-4-11(15-10)12(13)9-5-7-14-8-6-9;/h3-4,9,12H,2,5-8,13H2,1H3;1H/t12-;/m0./s1. The number of hydrogen-bond donors (Lipinski definition) is 1. The van der Waals surface area contributed by atoms with Gasteiger partial charge in [-0.25, -0.2) is 0 Å². The second-order valence-corrected chi connectivity index (χ2v) is 5.33. The van der Waals surface area contributed by atoms with Gasteiger partial charge in [0.2, 0.25) is 0 Å². The lowest BCUT2D eigenvalue weighted by molar-refractivity contribution is 0.0587. The SMILES string of the molecule is CCc1ccc([C@@H](N)C2CCOCC2)s1.Cl. The van der Waals surface area contributed by atoms with Crippen molar-refractivity contribution in [2.75, 3.05) is 13.2 Å². The maximum absolute atomic E-state index is 6.29. The molecule has 4 heteroatoms. The Morgan fingerprint density at radius 3 is 2.69 bits per heavy atom. The number of thiophene rings is 1. The van der Waals surface area contributed by atoms with Gasteiger partial charge in [0.05, 0.1) is 0 Å². The van der Waals surface area contributed by atoms with E-state index in [0.717, 1.165) is 32.5 Å². The van der Waals surface area contributed by atoms with Gasteiger partial charge in [0.25, 0.3) is 0 Å². The van der Waals surface area contributed by atoms with Crippen LogP contribution in [0.4, 0.5) is 0 Å². The number of ether oxygens (including phenoxy) is 1. The van der Waals surface area contributed by atoms with E-state index in [1.54, 1.807) is 0 Å². The van der Waals surface area contributed by atoms with E-state index >= 15 is 0 Å². The first-order valence-electron chi connectivity index (χ1n) is 5.73. The average molecular weight is 262 g/mol. The van der Waals surface area contributed by atoms with Crippen LogP contribution >= 0.6 is 23.7 Å². The number of rotatable bonds is 3. The van der Waals surface area contributed by atoms with Gasteiger partial charge in [-0.15, -0.1) is 23.7 Å². The van der Waals surface area contributed by atoms with Gasteiger partial charge < -0.3 is 10.5 Å². The maximum Gasteiger partial charge on any atom is 0.0469 e. The fraction of sp³-hybridized carbons (Fsp3) is 0.667. The quantitative estimate of drug-likeness (QED) is 0.907. The van der Waals surface area contributed by atoms with Gasteiger partial charge in [-0.1, -0.05) is 6.92 Å². The van der Waals surface area contributed by atoms with E-state index in [2.05, 4.69) is 19.1 Å². The summed E-state index contributed by atoms with van der Waals surface area (Å²) in [4.78, 5) is 2.78. The third-order valence-corrected chi connectivity index (χ3v) is 4.46. The van der Waals surface area contributed by atoms with Crippen LogP contribution in [0.1, 0.15) is 35.6 Å². The molecule has 1 aliphatic heterocycles. The highest BCUT2D eigenvalue weighted by molar-refractivity contribution is 7.12. The third-order valence-electron chi connectivity index (χ3n) is 3.13. The molecule has 1 aromatic heterocycles. The largest absolute Gasteiger partial charge is 0.381 e. The lowest BCUT2D eigenvalue weighted by atomic mass is 9.91. The molecule has 0 amide bonds. The van der Waals surface area contributed by atoms with Crippen LogP contribution in [0.25, 0.3) is 0 Å². The Hall–Kier alpha value is -0.0900. The van der Waals surface area contributed by atoms with Crippen molar-refractivity contribution in [3.05, 3.63) is 21.9 Å². The Morgan fingerprint density at radius 2 is 2.12 bits per heavy atom. The Balaban J connectivity index is 0.00000128. The van der Waals surface area contributed by atoms with Gasteiger partial charge in [-0.3, -0.25) is 0 Å². The zero-order valence-corrected chi connectivity index (χ0v) is 11.3. The molecule has 92 valence electrons. The molecule has 1 aliphatic rings. The Bertz CT molecular complexity index is 310. The van der Waals surface area contributed by atoms with Crippen LogP contribution in [-0.2, 0) is 11.2 Å². The second kappa shape index (κ2) is 6.60. The van der Waals surface area contributed by atoms with E-state index < -0.39 is 0 Å². The molecule has 0 radical (unpaired) electrons. The van der Waals surface area contributed by atoms with Gasteiger partial charge in [0.15, 0.2) is 0 Å². The van der Waals surface area contributed by atoms with Crippen molar-refractivity contribution in [2.45, 2.75) is 32.2 Å². The number of hydrogen-bond acceptors (Lipinski definition) is 3. The normalized spacial score (nSPS) is 19.1. The van der Waals surface area contributed by atoms with Gasteiger partial charge in [-0.2, -0.15) is 0 Å².